The second-order valence-electron chi connectivity index (χ2n) is 2.65. The Morgan fingerprint density at radius 3 is 2.17 bits per heavy atom. The number of halogens is 3. The van der Waals surface area contributed by atoms with Gasteiger partial charge in [0.25, 0.3) is 0 Å². The minimum absolute atomic E-state index is 0.329. The molecular formula is C9H8F3NO5. The molecule has 9 heteroatoms. The molecule has 0 unspecified atom stereocenters. The summed E-state index contributed by atoms with van der Waals surface area (Å²) in [5.41, 5.74) is 0. The molecule has 100 valence electrons. The lowest BCUT2D eigenvalue weighted by atomic mass is 10.5. The summed E-state index contributed by atoms with van der Waals surface area (Å²) in [5, 5.41) is 15.3. The molecule has 0 radical (unpaired) electrons. The number of carboxylic acids is 2. The van der Waals surface area contributed by atoms with Gasteiger partial charge in [-0.25, -0.2) is 14.6 Å². The molecule has 0 bridgehead atoms. The van der Waals surface area contributed by atoms with E-state index in [9.17, 15) is 18.0 Å². The molecule has 2 N–H and O–H groups in total. The highest BCUT2D eigenvalue weighted by Gasteiger charge is 2.38. The molecular weight excluding hydrogens is 259 g/mol. The minimum atomic E-state index is -5.08. The van der Waals surface area contributed by atoms with E-state index in [0.717, 1.165) is 0 Å². The molecule has 0 saturated carbocycles. The van der Waals surface area contributed by atoms with Crippen LogP contribution in [-0.2, 0) is 9.59 Å². The third-order valence-electron chi connectivity index (χ3n) is 1.22. The zero-order valence-corrected chi connectivity index (χ0v) is 8.72. The highest BCUT2D eigenvalue weighted by Crippen LogP contribution is 2.13. The van der Waals surface area contributed by atoms with Crippen molar-refractivity contribution in [2.45, 2.75) is 6.18 Å². The van der Waals surface area contributed by atoms with E-state index in [-0.39, 0.29) is 6.61 Å². The van der Waals surface area contributed by atoms with Gasteiger partial charge in [-0.1, -0.05) is 6.07 Å². The van der Waals surface area contributed by atoms with E-state index >= 15 is 0 Å². The van der Waals surface area contributed by atoms with Crippen molar-refractivity contribution in [3.8, 4) is 5.88 Å². The number of aliphatic carboxylic acids is 2. The van der Waals surface area contributed by atoms with Crippen molar-refractivity contribution in [2.75, 3.05) is 6.61 Å². The molecule has 0 aliphatic carbocycles. The van der Waals surface area contributed by atoms with Crippen molar-refractivity contribution in [2.24, 2.45) is 0 Å². The normalized spacial score (nSPS) is 9.94. The van der Waals surface area contributed by atoms with Crippen LogP contribution in [0.15, 0.2) is 24.4 Å². The Labute approximate surface area is 98.6 Å². The fraction of sp³-hybridized carbons (Fsp3) is 0.222. The van der Waals surface area contributed by atoms with Crippen LogP contribution in [0.4, 0.5) is 13.2 Å². The van der Waals surface area contributed by atoms with Gasteiger partial charge in [0, 0.05) is 12.3 Å². The van der Waals surface area contributed by atoms with E-state index in [1.165, 1.54) is 6.20 Å². The van der Waals surface area contributed by atoms with Crippen molar-refractivity contribution in [1.82, 2.24) is 4.98 Å². The maximum Gasteiger partial charge on any atom is 0.490 e. The SMILES string of the molecule is O=C(O)C(F)(F)F.O=C(O)COc1ccccn1. The Morgan fingerprint density at radius 1 is 1.28 bits per heavy atom. The largest absolute Gasteiger partial charge is 0.490 e. The summed E-state index contributed by atoms with van der Waals surface area (Å²) in [5.74, 6) is -3.43. The van der Waals surface area contributed by atoms with Crippen molar-refractivity contribution in [3.63, 3.8) is 0 Å². The van der Waals surface area contributed by atoms with Crippen LogP contribution >= 0.6 is 0 Å². The Bertz CT molecular complexity index is 393. The van der Waals surface area contributed by atoms with E-state index in [2.05, 4.69) is 4.98 Å². The molecule has 0 spiro atoms. The Kier molecular flexibility index (Phi) is 6.18. The summed E-state index contributed by atoms with van der Waals surface area (Å²) in [4.78, 5) is 22.7. The smallest absolute Gasteiger partial charge is 0.479 e. The first-order valence-electron chi connectivity index (χ1n) is 4.29. The third kappa shape index (κ3) is 7.91. The summed E-state index contributed by atoms with van der Waals surface area (Å²) < 4.78 is 36.5. The lowest BCUT2D eigenvalue weighted by Crippen LogP contribution is -2.21. The second-order valence-corrected chi connectivity index (χ2v) is 2.65. The van der Waals surface area contributed by atoms with Crippen molar-refractivity contribution >= 4 is 11.9 Å². The first kappa shape index (κ1) is 15.7. The van der Waals surface area contributed by atoms with E-state index in [0.29, 0.717) is 5.88 Å². The van der Waals surface area contributed by atoms with Gasteiger partial charge in [-0.05, 0) is 6.07 Å². The number of ether oxygens (including phenoxy) is 1. The standard InChI is InChI=1S/C7H7NO3.C2HF3O2/c9-7(10)5-11-6-3-1-2-4-8-6;3-2(4,5)1(6)7/h1-4H,5H2,(H,9,10);(H,6,7). The molecule has 0 saturated heterocycles. The molecule has 1 rings (SSSR count). The number of hydrogen-bond acceptors (Lipinski definition) is 4. The molecule has 6 nitrogen and oxygen atoms in total. The summed E-state index contributed by atoms with van der Waals surface area (Å²) in [7, 11) is 0. The number of aromatic nitrogens is 1. The number of carboxylic acid groups (broad SMARTS) is 2. The Balaban J connectivity index is 0.000000360. The van der Waals surface area contributed by atoms with E-state index < -0.39 is 18.1 Å². The molecule has 1 aromatic heterocycles. The summed E-state index contributed by atoms with van der Waals surface area (Å²) in [6, 6.07) is 5.06. The first-order chi connectivity index (χ1) is 8.23. The summed E-state index contributed by atoms with van der Waals surface area (Å²) in [6.45, 7) is -0.350. The van der Waals surface area contributed by atoms with Crippen LogP contribution in [-0.4, -0.2) is 39.9 Å². The monoisotopic (exact) mass is 267 g/mol. The molecule has 0 aromatic carbocycles. The van der Waals surface area contributed by atoms with Gasteiger partial charge in [0.05, 0.1) is 0 Å². The maximum atomic E-state index is 10.6. The van der Waals surface area contributed by atoms with Gasteiger partial charge in [0.1, 0.15) is 0 Å². The number of nitrogens with zero attached hydrogens (tertiary/aromatic N) is 1. The molecule has 0 fully saturated rings. The lowest BCUT2D eigenvalue weighted by Gasteiger charge is -1.98. The average molecular weight is 267 g/mol. The lowest BCUT2D eigenvalue weighted by molar-refractivity contribution is -0.192. The summed E-state index contributed by atoms with van der Waals surface area (Å²) >= 11 is 0. The van der Waals surface area contributed by atoms with E-state index in [4.69, 9.17) is 19.7 Å². The predicted octanol–water partition coefficient (Wildman–Crippen LogP) is 1.18. The molecule has 0 amide bonds. The van der Waals surface area contributed by atoms with Gasteiger partial charge in [-0.2, -0.15) is 13.2 Å². The van der Waals surface area contributed by atoms with Gasteiger partial charge in [-0.3, -0.25) is 0 Å². The first-order valence-corrected chi connectivity index (χ1v) is 4.29. The van der Waals surface area contributed by atoms with Crippen LogP contribution in [0, 0.1) is 0 Å². The maximum absolute atomic E-state index is 10.6. The molecule has 0 aliphatic heterocycles. The Hall–Kier alpha value is -2.32. The van der Waals surface area contributed by atoms with Crippen LogP contribution in [0.5, 0.6) is 5.88 Å². The molecule has 18 heavy (non-hydrogen) atoms. The zero-order chi connectivity index (χ0) is 14.2. The molecule has 0 aliphatic rings. The average Bonchev–Trinajstić information content (AvgIpc) is 2.27. The van der Waals surface area contributed by atoms with Gasteiger partial charge < -0.3 is 14.9 Å². The second kappa shape index (κ2) is 7.09. The van der Waals surface area contributed by atoms with Gasteiger partial charge >= 0.3 is 18.1 Å². The molecule has 1 heterocycles. The fourth-order valence-corrected chi connectivity index (χ4v) is 0.568. The van der Waals surface area contributed by atoms with Crippen LogP contribution in [0.2, 0.25) is 0 Å². The van der Waals surface area contributed by atoms with Gasteiger partial charge in [-0.15, -0.1) is 0 Å². The number of hydrogen-bond donors (Lipinski definition) is 2. The number of carbonyl (C=O) groups is 2. The number of alkyl halides is 3. The van der Waals surface area contributed by atoms with Crippen molar-refractivity contribution in [3.05, 3.63) is 24.4 Å². The van der Waals surface area contributed by atoms with Crippen LogP contribution in [0.1, 0.15) is 0 Å². The Morgan fingerprint density at radius 2 is 1.83 bits per heavy atom. The highest BCUT2D eigenvalue weighted by atomic mass is 19.4. The minimum Gasteiger partial charge on any atom is -0.479 e. The zero-order valence-electron chi connectivity index (χ0n) is 8.72. The van der Waals surface area contributed by atoms with Crippen molar-refractivity contribution in [1.29, 1.82) is 0 Å². The summed E-state index contributed by atoms with van der Waals surface area (Å²) in [6.07, 6.45) is -3.54. The highest BCUT2D eigenvalue weighted by molar-refractivity contribution is 5.73. The molecule has 0 atom stereocenters. The third-order valence-corrected chi connectivity index (χ3v) is 1.22. The predicted molar refractivity (Wildman–Crippen MR) is 51.1 cm³/mol. The van der Waals surface area contributed by atoms with Crippen molar-refractivity contribution < 1.29 is 37.7 Å². The van der Waals surface area contributed by atoms with Crippen LogP contribution < -0.4 is 4.74 Å². The van der Waals surface area contributed by atoms with Crippen LogP contribution in [0.25, 0.3) is 0 Å². The number of rotatable bonds is 3. The topological polar surface area (TPSA) is 96.7 Å². The quantitative estimate of drug-likeness (QED) is 0.853. The fourth-order valence-electron chi connectivity index (χ4n) is 0.568. The van der Waals surface area contributed by atoms with Gasteiger partial charge in [0.15, 0.2) is 6.61 Å². The van der Waals surface area contributed by atoms with E-state index in [1.807, 2.05) is 0 Å². The van der Waals surface area contributed by atoms with Gasteiger partial charge in [0.2, 0.25) is 5.88 Å². The molecule has 1 aromatic rings. The van der Waals surface area contributed by atoms with E-state index in [1.54, 1.807) is 18.2 Å². The number of pyridine rings is 1. The van der Waals surface area contributed by atoms with Crippen LogP contribution in [0.3, 0.4) is 0 Å².